The lowest BCUT2D eigenvalue weighted by Crippen LogP contribution is -2.30. The van der Waals surface area contributed by atoms with Gasteiger partial charge in [-0.1, -0.05) is 13.3 Å². The summed E-state index contributed by atoms with van der Waals surface area (Å²) in [6.07, 6.45) is 0.122. The van der Waals surface area contributed by atoms with Gasteiger partial charge in [-0.05, 0) is 13.3 Å². The molecule has 2 N–H and O–H groups in total. The molecule has 11 heavy (non-hydrogen) atoms. The van der Waals surface area contributed by atoms with Crippen LogP contribution in [0.5, 0.6) is 0 Å². The predicted molar refractivity (Wildman–Crippen MR) is 41.9 cm³/mol. The van der Waals surface area contributed by atoms with Crippen LogP contribution in [0.1, 0.15) is 26.7 Å². The molecule has 0 saturated heterocycles. The van der Waals surface area contributed by atoms with Crippen LogP contribution in [-0.2, 0) is 10.1 Å². The van der Waals surface area contributed by atoms with Crippen molar-refractivity contribution in [1.29, 1.82) is 0 Å². The van der Waals surface area contributed by atoms with Crippen molar-refractivity contribution in [2.75, 3.05) is 0 Å². The molecular weight excluding hydrogens is 168 g/mol. The molecule has 0 aliphatic heterocycles. The van der Waals surface area contributed by atoms with Gasteiger partial charge in [-0.25, -0.2) is 0 Å². The van der Waals surface area contributed by atoms with Gasteiger partial charge in [0.25, 0.3) is 10.1 Å². The van der Waals surface area contributed by atoms with Crippen LogP contribution in [0.2, 0.25) is 0 Å². The summed E-state index contributed by atoms with van der Waals surface area (Å²) in [6.45, 7) is 3.12. The lowest BCUT2D eigenvalue weighted by Gasteiger charge is -2.14. The minimum absolute atomic E-state index is 0.390. The molecule has 0 aliphatic rings. The van der Waals surface area contributed by atoms with E-state index < -0.39 is 21.5 Å². The summed E-state index contributed by atoms with van der Waals surface area (Å²) in [7, 11) is -4.07. The van der Waals surface area contributed by atoms with E-state index in [9.17, 15) is 8.42 Å². The number of aliphatic hydroxyl groups excluding tert-OH is 1. The van der Waals surface area contributed by atoms with E-state index in [1.54, 1.807) is 0 Å². The molecule has 0 rings (SSSR count). The lowest BCUT2D eigenvalue weighted by atomic mass is 10.2. The van der Waals surface area contributed by atoms with E-state index in [4.69, 9.17) is 9.66 Å². The van der Waals surface area contributed by atoms with Gasteiger partial charge in [0.2, 0.25) is 0 Å². The van der Waals surface area contributed by atoms with E-state index in [1.807, 2.05) is 6.92 Å². The van der Waals surface area contributed by atoms with Gasteiger partial charge < -0.3 is 5.11 Å². The Morgan fingerprint density at radius 2 is 1.91 bits per heavy atom. The molecule has 4 nitrogen and oxygen atoms in total. The molecule has 0 aromatic heterocycles. The largest absolute Gasteiger partial charge is 0.392 e. The van der Waals surface area contributed by atoms with E-state index in [2.05, 4.69) is 0 Å². The quantitative estimate of drug-likeness (QED) is 0.618. The second-order valence-electron chi connectivity index (χ2n) is 2.58. The zero-order valence-corrected chi connectivity index (χ0v) is 7.50. The van der Waals surface area contributed by atoms with Crippen LogP contribution in [0.25, 0.3) is 0 Å². The second-order valence-corrected chi connectivity index (χ2v) is 4.35. The van der Waals surface area contributed by atoms with E-state index in [1.165, 1.54) is 6.92 Å². The van der Waals surface area contributed by atoms with Gasteiger partial charge in [0.15, 0.2) is 0 Å². The van der Waals surface area contributed by atoms with Crippen molar-refractivity contribution in [2.24, 2.45) is 0 Å². The summed E-state index contributed by atoms with van der Waals surface area (Å²) in [5.41, 5.74) is 0. The van der Waals surface area contributed by atoms with Crippen molar-refractivity contribution < 1.29 is 18.1 Å². The van der Waals surface area contributed by atoms with E-state index in [0.717, 1.165) is 0 Å². The van der Waals surface area contributed by atoms with Crippen LogP contribution in [0.3, 0.4) is 0 Å². The van der Waals surface area contributed by atoms with Crippen molar-refractivity contribution in [3.63, 3.8) is 0 Å². The second kappa shape index (κ2) is 4.04. The van der Waals surface area contributed by atoms with Gasteiger partial charge >= 0.3 is 0 Å². The maximum Gasteiger partial charge on any atom is 0.270 e. The molecule has 0 spiro atoms. The maximum atomic E-state index is 10.4. The van der Waals surface area contributed by atoms with Gasteiger partial charge in [0.1, 0.15) is 5.25 Å². The Bertz CT molecular complexity index is 197. The molecule has 5 heteroatoms. The highest BCUT2D eigenvalue weighted by Gasteiger charge is 2.24. The number of aliphatic hydroxyl groups is 1. The molecule has 2 atom stereocenters. The van der Waals surface area contributed by atoms with Crippen LogP contribution in [0.4, 0.5) is 0 Å². The molecule has 0 amide bonds. The van der Waals surface area contributed by atoms with Gasteiger partial charge in [-0.3, -0.25) is 4.55 Å². The molecule has 0 aromatic rings. The molecule has 68 valence electrons. The highest BCUT2D eigenvalue weighted by Crippen LogP contribution is 2.08. The Labute approximate surface area is 67.0 Å². The van der Waals surface area contributed by atoms with Crippen molar-refractivity contribution in [2.45, 2.75) is 38.0 Å². The zero-order valence-electron chi connectivity index (χ0n) is 6.69. The molecule has 0 radical (unpaired) electrons. The fourth-order valence-electron chi connectivity index (χ4n) is 0.729. The number of hydrogen-bond donors (Lipinski definition) is 2. The average Bonchev–Trinajstić information content (AvgIpc) is 1.85. The molecular formula is C6H14O4S. The molecule has 0 aliphatic carbocycles. The zero-order chi connectivity index (χ0) is 9.07. The van der Waals surface area contributed by atoms with Gasteiger partial charge in [0.05, 0.1) is 6.10 Å². The lowest BCUT2D eigenvalue weighted by molar-refractivity contribution is 0.158. The first kappa shape index (κ1) is 10.9. The summed E-state index contributed by atoms with van der Waals surface area (Å²) in [5.74, 6) is 0. The highest BCUT2D eigenvalue weighted by atomic mass is 32.2. The number of rotatable bonds is 4. The fourth-order valence-corrected chi connectivity index (χ4v) is 1.26. The summed E-state index contributed by atoms with van der Waals surface area (Å²) < 4.78 is 29.4. The Morgan fingerprint density at radius 3 is 2.18 bits per heavy atom. The van der Waals surface area contributed by atoms with E-state index >= 15 is 0 Å². The van der Waals surface area contributed by atoms with Gasteiger partial charge in [-0.15, -0.1) is 0 Å². The first-order valence-corrected chi connectivity index (χ1v) is 5.04. The third-order valence-corrected chi connectivity index (χ3v) is 2.85. The molecule has 0 saturated carbocycles. The van der Waals surface area contributed by atoms with Crippen molar-refractivity contribution in [3.8, 4) is 0 Å². The van der Waals surface area contributed by atoms with Crippen molar-refractivity contribution in [1.82, 2.24) is 0 Å². The summed E-state index contributed by atoms with van der Waals surface area (Å²) in [4.78, 5) is 0. The molecule has 0 fully saturated rings. The topological polar surface area (TPSA) is 74.6 Å². The van der Waals surface area contributed by atoms with Crippen molar-refractivity contribution >= 4 is 10.1 Å². The maximum absolute atomic E-state index is 10.4. The predicted octanol–water partition coefficient (Wildman–Crippen LogP) is 0.424. The van der Waals surface area contributed by atoms with Crippen LogP contribution >= 0.6 is 0 Å². The minimum atomic E-state index is -4.07. The highest BCUT2D eigenvalue weighted by molar-refractivity contribution is 7.86. The monoisotopic (exact) mass is 182 g/mol. The third kappa shape index (κ3) is 3.69. The van der Waals surface area contributed by atoms with Crippen LogP contribution in [0.15, 0.2) is 0 Å². The minimum Gasteiger partial charge on any atom is -0.392 e. The first-order chi connectivity index (χ1) is 4.89. The molecule has 2 unspecified atom stereocenters. The van der Waals surface area contributed by atoms with E-state index in [0.29, 0.717) is 12.8 Å². The smallest absolute Gasteiger partial charge is 0.270 e. The molecule has 0 bridgehead atoms. The Morgan fingerprint density at radius 1 is 1.45 bits per heavy atom. The third-order valence-electron chi connectivity index (χ3n) is 1.60. The number of hydrogen-bond acceptors (Lipinski definition) is 3. The first-order valence-electron chi connectivity index (χ1n) is 3.54. The van der Waals surface area contributed by atoms with Gasteiger partial charge in [-0.2, -0.15) is 8.42 Å². The van der Waals surface area contributed by atoms with E-state index in [-0.39, 0.29) is 0 Å². The van der Waals surface area contributed by atoms with Crippen LogP contribution < -0.4 is 0 Å². The fraction of sp³-hybridized carbons (Fsp3) is 1.00. The Hall–Kier alpha value is -0.130. The Balaban J connectivity index is 4.14. The molecule has 0 aromatic carbocycles. The normalized spacial score (nSPS) is 17.8. The average molecular weight is 182 g/mol. The summed E-state index contributed by atoms with van der Waals surface area (Å²) in [5, 5.41) is 8.03. The summed E-state index contributed by atoms with van der Waals surface area (Å²) >= 11 is 0. The SMILES string of the molecule is CCCC(O)C(C)S(=O)(=O)O. The van der Waals surface area contributed by atoms with Crippen molar-refractivity contribution in [3.05, 3.63) is 0 Å². The van der Waals surface area contributed by atoms with Crippen LogP contribution in [-0.4, -0.2) is 29.4 Å². The summed E-state index contributed by atoms with van der Waals surface area (Å²) in [6, 6.07) is 0. The Kier molecular flexibility index (Phi) is 3.99. The van der Waals surface area contributed by atoms with Gasteiger partial charge in [0, 0.05) is 0 Å². The molecule has 0 heterocycles. The standard InChI is InChI=1S/C6H14O4S/c1-3-4-6(7)5(2)11(8,9)10/h5-7H,3-4H2,1-2H3,(H,8,9,10). The van der Waals surface area contributed by atoms with Crippen LogP contribution in [0, 0.1) is 0 Å².